The number of fused-ring (bicyclic) bond motifs is 1. The summed E-state index contributed by atoms with van der Waals surface area (Å²) in [6.45, 7) is 6.99. The number of halogens is 6. The van der Waals surface area contributed by atoms with Crippen LogP contribution >= 0.6 is 0 Å². The van der Waals surface area contributed by atoms with Crippen LogP contribution in [-0.4, -0.2) is 107 Å². The van der Waals surface area contributed by atoms with Crippen molar-refractivity contribution in [3.05, 3.63) is 30.1 Å². The summed E-state index contributed by atoms with van der Waals surface area (Å²) in [7, 11) is 1.83. The minimum Gasteiger partial charge on any atom is -0.475 e. The van der Waals surface area contributed by atoms with Gasteiger partial charge in [-0.2, -0.15) is 26.3 Å². The molecule has 0 saturated carbocycles. The summed E-state index contributed by atoms with van der Waals surface area (Å²) in [6, 6.07) is 5.76. The van der Waals surface area contributed by atoms with Crippen molar-refractivity contribution in [3.8, 4) is 0 Å². The van der Waals surface area contributed by atoms with E-state index in [1.807, 2.05) is 32.2 Å². The fourth-order valence-electron chi connectivity index (χ4n) is 3.75. The van der Waals surface area contributed by atoms with E-state index in [1.54, 1.807) is 11.1 Å². The van der Waals surface area contributed by atoms with E-state index in [-0.39, 0.29) is 18.1 Å². The first-order valence-electron chi connectivity index (χ1n) is 11.8. The lowest BCUT2D eigenvalue weighted by Gasteiger charge is -2.33. The highest BCUT2D eigenvalue weighted by atomic mass is 19.4. The number of hydrogen-bond acceptors (Lipinski definition) is 7. The van der Waals surface area contributed by atoms with Crippen molar-refractivity contribution in [2.45, 2.75) is 50.9 Å². The molecule has 0 unspecified atom stereocenters. The van der Waals surface area contributed by atoms with Crippen LogP contribution in [0.3, 0.4) is 0 Å². The van der Waals surface area contributed by atoms with Gasteiger partial charge in [0, 0.05) is 32.9 Å². The van der Waals surface area contributed by atoms with E-state index in [0.717, 1.165) is 51.4 Å². The maximum Gasteiger partial charge on any atom is 0.490 e. The maximum absolute atomic E-state index is 12.7. The number of carbonyl (C=O) groups excluding carboxylic acids is 1. The van der Waals surface area contributed by atoms with Gasteiger partial charge in [0.25, 0.3) is 5.91 Å². The fraction of sp³-hybridized carbons (Fsp3) is 0.652. The standard InChI is InChI=1S/C19H29N3O3.2C2HF3O2/c1-3-24-11-10-22-9-7-15-12-17(25-18(15)14-22)19(23)21(2)13-16-6-4-5-8-20-16;2*3-2(4,5)1(6)7/h4-6,8,15,17-18H,3,7,9-14H2,1-2H3;2*(H,6,7)/t15-,17+,18+;;/m0../s1. The van der Waals surface area contributed by atoms with E-state index < -0.39 is 24.3 Å². The highest BCUT2D eigenvalue weighted by Crippen LogP contribution is 2.34. The number of alkyl halides is 6. The van der Waals surface area contributed by atoms with Gasteiger partial charge in [0.05, 0.1) is 24.9 Å². The Morgan fingerprint density at radius 3 is 2.21 bits per heavy atom. The number of piperidine rings is 1. The molecule has 16 heteroatoms. The molecule has 2 N–H and O–H groups in total. The molecule has 0 bridgehead atoms. The normalized spacial score (nSPS) is 21.0. The maximum atomic E-state index is 12.7. The number of hydrogen-bond donors (Lipinski definition) is 2. The SMILES string of the molecule is CCOCCN1CC[C@H]2C[C@H](C(=O)N(C)Cc3ccccn3)O[C@@H]2C1.O=C(O)C(F)(F)F.O=C(O)C(F)(F)F. The van der Waals surface area contributed by atoms with Gasteiger partial charge in [-0.05, 0) is 44.4 Å². The van der Waals surface area contributed by atoms with Crippen molar-refractivity contribution < 1.29 is 60.4 Å². The number of ether oxygens (including phenoxy) is 2. The summed E-state index contributed by atoms with van der Waals surface area (Å²) < 4.78 is 75.0. The number of amides is 1. The Morgan fingerprint density at radius 2 is 1.72 bits per heavy atom. The molecule has 3 heterocycles. The van der Waals surface area contributed by atoms with Gasteiger partial charge in [0.1, 0.15) is 6.10 Å². The lowest BCUT2D eigenvalue weighted by atomic mass is 9.91. The van der Waals surface area contributed by atoms with Crippen molar-refractivity contribution in [1.82, 2.24) is 14.8 Å². The summed E-state index contributed by atoms with van der Waals surface area (Å²) in [5.74, 6) is -4.94. The summed E-state index contributed by atoms with van der Waals surface area (Å²) >= 11 is 0. The van der Waals surface area contributed by atoms with Crippen LogP contribution in [0.5, 0.6) is 0 Å². The highest BCUT2D eigenvalue weighted by molar-refractivity contribution is 5.81. The average Bonchev–Trinajstić information content (AvgIpc) is 3.27. The number of likely N-dealkylation sites (N-methyl/N-ethyl adjacent to an activating group) is 1. The van der Waals surface area contributed by atoms with Gasteiger partial charge in [-0.25, -0.2) is 9.59 Å². The Labute approximate surface area is 220 Å². The largest absolute Gasteiger partial charge is 0.490 e. The second-order valence-corrected chi connectivity index (χ2v) is 8.57. The van der Waals surface area contributed by atoms with E-state index in [0.29, 0.717) is 12.5 Å². The van der Waals surface area contributed by atoms with Crippen LogP contribution in [0, 0.1) is 5.92 Å². The summed E-state index contributed by atoms with van der Waals surface area (Å²) in [6.07, 6.45) is -6.60. The van der Waals surface area contributed by atoms with Crippen LogP contribution in [0.15, 0.2) is 24.4 Å². The van der Waals surface area contributed by atoms with Gasteiger partial charge >= 0.3 is 24.3 Å². The number of likely N-dealkylation sites (tertiary alicyclic amines) is 1. The van der Waals surface area contributed by atoms with Gasteiger partial charge < -0.3 is 24.6 Å². The smallest absolute Gasteiger partial charge is 0.475 e. The molecule has 0 aliphatic carbocycles. The number of rotatable bonds is 7. The lowest BCUT2D eigenvalue weighted by Crippen LogP contribution is -2.43. The molecule has 2 aliphatic heterocycles. The number of aromatic nitrogens is 1. The van der Waals surface area contributed by atoms with Crippen LogP contribution < -0.4 is 0 Å². The Bertz CT molecular complexity index is 894. The predicted molar refractivity (Wildman–Crippen MR) is 122 cm³/mol. The molecule has 3 rings (SSSR count). The second-order valence-electron chi connectivity index (χ2n) is 8.57. The van der Waals surface area contributed by atoms with Gasteiger partial charge in [-0.15, -0.1) is 0 Å². The minimum atomic E-state index is -5.08. The molecule has 1 aromatic heterocycles. The molecule has 1 amide bonds. The Hall–Kier alpha value is -2.98. The van der Waals surface area contributed by atoms with Crippen molar-refractivity contribution in [3.63, 3.8) is 0 Å². The topological polar surface area (TPSA) is 130 Å². The van der Waals surface area contributed by atoms with E-state index in [2.05, 4.69) is 9.88 Å². The molecule has 2 saturated heterocycles. The van der Waals surface area contributed by atoms with Gasteiger partial charge in [0.15, 0.2) is 0 Å². The van der Waals surface area contributed by atoms with Crippen molar-refractivity contribution in [2.24, 2.45) is 5.92 Å². The minimum absolute atomic E-state index is 0.0703. The summed E-state index contributed by atoms with van der Waals surface area (Å²) in [4.78, 5) is 38.9. The van der Waals surface area contributed by atoms with E-state index >= 15 is 0 Å². The van der Waals surface area contributed by atoms with Gasteiger partial charge in [0.2, 0.25) is 0 Å². The number of pyridine rings is 1. The molecule has 0 aromatic carbocycles. The van der Waals surface area contributed by atoms with E-state index in [1.165, 1.54) is 0 Å². The lowest BCUT2D eigenvalue weighted by molar-refractivity contribution is -0.193. The summed E-state index contributed by atoms with van der Waals surface area (Å²) in [5.41, 5.74) is 0.899. The molecule has 2 aliphatic rings. The number of carboxylic acid groups (broad SMARTS) is 2. The van der Waals surface area contributed by atoms with Crippen molar-refractivity contribution >= 4 is 17.8 Å². The molecule has 39 heavy (non-hydrogen) atoms. The quantitative estimate of drug-likeness (QED) is 0.373. The number of carboxylic acids is 2. The third-order valence-electron chi connectivity index (χ3n) is 5.65. The first kappa shape index (κ1) is 34.0. The monoisotopic (exact) mass is 575 g/mol. The van der Waals surface area contributed by atoms with Crippen LogP contribution in [0.4, 0.5) is 26.3 Å². The Balaban J connectivity index is 0.000000449. The van der Waals surface area contributed by atoms with E-state index in [4.69, 9.17) is 29.3 Å². The van der Waals surface area contributed by atoms with Crippen molar-refractivity contribution in [1.29, 1.82) is 0 Å². The van der Waals surface area contributed by atoms with Crippen LogP contribution in [0.1, 0.15) is 25.5 Å². The second kappa shape index (κ2) is 15.6. The fourth-order valence-corrected chi connectivity index (χ4v) is 3.75. The molecule has 10 nitrogen and oxygen atoms in total. The van der Waals surface area contributed by atoms with Crippen molar-refractivity contribution in [2.75, 3.05) is 39.9 Å². The zero-order valence-electron chi connectivity index (χ0n) is 21.2. The van der Waals surface area contributed by atoms with Crippen LogP contribution in [0.25, 0.3) is 0 Å². The first-order chi connectivity index (χ1) is 18.1. The molecule has 0 radical (unpaired) electrons. The molecule has 2 fully saturated rings. The van der Waals surface area contributed by atoms with Gasteiger partial charge in [-0.1, -0.05) is 6.07 Å². The molecular weight excluding hydrogens is 544 g/mol. The molecular formula is C23H31F6N3O7. The molecule has 0 spiro atoms. The van der Waals surface area contributed by atoms with Crippen LogP contribution in [-0.2, 0) is 30.4 Å². The highest BCUT2D eigenvalue weighted by Gasteiger charge is 2.42. The molecule has 1 aromatic rings. The third kappa shape index (κ3) is 12.6. The number of nitrogens with zero attached hydrogens (tertiary/aromatic N) is 3. The number of aliphatic carboxylic acids is 2. The Kier molecular flexibility index (Phi) is 13.6. The van der Waals surface area contributed by atoms with Crippen LogP contribution in [0.2, 0.25) is 0 Å². The average molecular weight is 576 g/mol. The first-order valence-corrected chi connectivity index (χ1v) is 11.8. The Morgan fingerprint density at radius 1 is 1.13 bits per heavy atom. The predicted octanol–water partition coefficient (Wildman–Crippen LogP) is 2.82. The van der Waals surface area contributed by atoms with E-state index in [9.17, 15) is 31.1 Å². The zero-order chi connectivity index (χ0) is 29.8. The molecule has 222 valence electrons. The molecule has 3 atom stereocenters. The third-order valence-corrected chi connectivity index (χ3v) is 5.65. The van der Waals surface area contributed by atoms with Gasteiger partial charge in [-0.3, -0.25) is 14.7 Å². The summed E-state index contributed by atoms with van der Waals surface area (Å²) in [5, 5.41) is 14.2. The zero-order valence-corrected chi connectivity index (χ0v) is 21.2. The number of carbonyl (C=O) groups is 3.